The summed E-state index contributed by atoms with van der Waals surface area (Å²) >= 11 is 7.07. The number of thioether (sulfide) groups is 1. The highest BCUT2D eigenvalue weighted by Gasteiger charge is 2.47. The first-order chi connectivity index (χ1) is 13.8. The molecule has 0 aliphatic carbocycles. The van der Waals surface area contributed by atoms with Gasteiger partial charge in [0.25, 0.3) is 0 Å². The highest BCUT2D eigenvalue weighted by molar-refractivity contribution is 8.14. The predicted molar refractivity (Wildman–Crippen MR) is 115 cm³/mol. The molecule has 0 spiro atoms. The summed E-state index contributed by atoms with van der Waals surface area (Å²) in [5, 5.41) is 3.70. The van der Waals surface area contributed by atoms with E-state index in [1.54, 1.807) is 47.4 Å². The molecule has 2 heterocycles. The molecule has 152 valence electrons. The van der Waals surface area contributed by atoms with Crippen molar-refractivity contribution < 1.29 is 17.6 Å². The summed E-state index contributed by atoms with van der Waals surface area (Å²) in [5.74, 6) is -0.842. The Morgan fingerprint density at radius 2 is 2.03 bits per heavy atom. The molecule has 1 fully saturated rings. The van der Waals surface area contributed by atoms with Gasteiger partial charge >= 0.3 is 0 Å². The highest BCUT2D eigenvalue weighted by Crippen LogP contribution is 2.36. The third-order valence-corrected chi connectivity index (χ3v) is 7.56. The van der Waals surface area contributed by atoms with Crippen LogP contribution in [0, 0.1) is 5.82 Å². The van der Waals surface area contributed by atoms with Crippen LogP contribution in [-0.4, -0.2) is 48.8 Å². The summed E-state index contributed by atoms with van der Waals surface area (Å²) in [6.45, 7) is 0. The number of anilines is 2. The lowest BCUT2D eigenvalue weighted by Gasteiger charge is -2.26. The number of nitrogens with one attached hydrogen (secondary N) is 1. The second kappa shape index (κ2) is 7.97. The highest BCUT2D eigenvalue weighted by atomic mass is 35.5. The van der Waals surface area contributed by atoms with E-state index < -0.39 is 27.7 Å². The predicted octanol–water partition coefficient (Wildman–Crippen LogP) is 3.19. The van der Waals surface area contributed by atoms with E-state index in [1.807, 2.05) is 0 Å². The van der Waals surface area contributed by atoms with Crippen LogP contribution >= 0.6 is 23.4 Å². The molecule has 10 heteroatoms. The number of carbonyl (C=O) groups excluding carboxylic acids is 1. The molecule has 1 amide bonds. The number of halogens is 2. The van der Waals surface area contributed by atoms with Crippen LogP contribution < -0.4 is 10.2 Å². The third-order valence-electron chi connectivity index (χ3n) is 4.66. The topological polar surface area (TPSA) is 78.8 Å². The van der Waals surface area contributed by atoms with E-state index in [4.69, 9.17) is 11.6 Å². The summed E-state index contributed by atoms with van der Waals surface area (Å²) < 4.78 is 38.5. The van der Waals surface area contributed by atoms with Crippen LogP contribution in [0.1, 0.15) is 0 Å². The number of nitrogens with zero attached hydrogens (tertiary/aromatic N) is 2. The molecule has 0 aromatic heterocycles. The Balaban J connectivity index is 1.52. The van der Waals surface area contributed by atoms with Gasteiger partial charge in [0.2, 0.25) is 5.91 Å². The molecule has 0 unspecified atom stereocenters. The van der Waals surface area contributed by atoms with Gasteiger partial charge in [-0.05, 0) is 30.3 Å². The molecule has 0 radical (unpaired) electrons. The molecule has 2 aromatic rings. The fraction of sp³-hybridized carbons (Fsp3) is 0.263. The van der Waals surface area contributed by atoms with E-state index in [1.165, 1.54) is 6.07 Å². The van der Waals surface area contributed by atoms with Gasteiger partial charge < -0.3 is 10.2 Å². The minimum atomic E-state index is -3.23. The van der Waals surface area contributed by atoms with Crippen LogP contribution in [0.2, 0.25) is 5.02 Å². The number of rotatable bonds is 4. The molecule has 4 rings (SSSR count). The molecule has 29 heavy (non-hydrogen) atoms. The molecule has 2 aliphatic heterocycles. The van der Waals surface area contributed by atoms with Gasteiger partial charge in [-0.15, -0.1) is 0 Å². The van der Waals surface area contributed by atoms with Crippen molar-refractivity contribution in [3.8, 4) is 0 Å². The van der Waals surface area contributed by atoms with Crippen LogP contribution in [-0.2, 0) is 14.6 Å². The molecule has 2 aromatic carbocycles. The lowest BCUT2D eigenvalue weighted by atomic mass is 10.1. The van der Waals surface area contributed by atoms with Gasteiger partial charge in [0.15, 0.2) is 15.0 Å². The Hall–Kier alpha value is -2.10. The first kappa shape index (κ1) is 20.2. The van der Waals surface area contributed by atoms with Gasteiger partial charge in [-0.1, -0.05) is 41.6 Å². The monoisotopic (exact) mass is 453 g/mol. The van der Waals surface area contributed by atoms with Gasteiger partial charge in [0.05, 0.1) is 35.0 Å². The summed E-state index contributed by atoms with van der Waals surface area (Å²) in [6.07, 6.45) is 0. The fourth-order valence-corrected chi connectivity index (χ4v) is 6.41. The number of hydrogen-bond acceptors (Lipinski definition) is 6. The number of amides is 1. The molecule has 1 saturated heterocycles. The zero-order valence-corrected chi connectivity index (χ0v) is 17.5. The lowest BCUT2D eigenvalue weighted by Crippen LogP contribution is -2.40. The number of hydrogen-bond donors (Lipinski definition) is 1. The second-order valence-corrected chi connectivity index (χ2v) is 10.3. The van der Waals surface area contributed by atoms with Crippen LogP contribution in [0.25, 0.3) is 0 Å². The standard InChI is InChI=1S/C19H17ClFN3O3S2/c20-12-4-3-5-13(8-12)22-18(25)9-28-19-23-15-10-29(26,27)11-17(15)24(19)16-7-2-1-6-14(16)21/h1-8,15,17H,9-11H2,(H,22,25)/t15-,17-/m1/s1. The van der Waals surface area contributed by atoms with E-state index in [0.717, 1.165) is 11.8 Å². The van der Waals surface area contributed by atoms with Gasteiger partial charge in [-0.25, -0.2) is 12.8 Å². The van der Waals surface area contributed by atoms with Gasteiger partial charge in [0.1, 0.15) is 5.82 Å². The molecule has 2 aliphatic rings. The Kier molecular flexibility index (Phi) is 5.54. The number of fused-ring (bicyclic) bond motifs is 1. The van der Waals surface area contributed by atoms with Crippen molar-refractivity contribution in [3.63, 3.8) is 0 Å². The third kappa shape index (κ3) is 4.41. The van der Waals surface area contributed by atoms with Crippen LogP contribution in [0.4, 0.5) is 15.8 Å². The van der Waals surface area contributed by atoms with Crippen molar-refractivity contribution in [2.24, 2.45) is 4.99 Å². The number of aliphatic imine (C=N–C) groups is 1. The maximum absolute atomic E-state index is 14.4. The number of benzene rings is 2. The Morgan fingerprint density at radius 3 is 2.79 bits per heavy atom. The summed E-state index contributed by atoms with van der Waals surface area (Å²) in [5.41, 5.74) is 0.837. The van der Waals surface area contributed by atoms with Crippen molar-refractivity contribution in [2.45, 2.75) is 12.1 Å². The van der Waals surface area contributed by atoms with Crippen LogP contribution in [0.3, 0.4) is 0 Å². The Bertz CT molecular complexity index is 1090. The number of sulfone groups is 1. The van der Waals surface area contributed by atoms with Crippen molar-refractivity contribution in [1.82, 2.24) is 0 Å². The van der Waals surface area contributed by atoms with E-state index >= 15 is 0 Å². The number of amidine groups is 1. The van der Waals surface area contributed by atoms with Crippen molar-refractivity contribution in [2.75, 3.05) is 27.5 Å². The second-order valence-electron chi connectivity index (χ2n) is 6.79. The summed E-state index contributed by atoms with van der Waals surface area (Å²) in [7, 11) is -3.23. The van der Waals surface area contributed by atoms with Crippen molar-refractivity contribution in [3.05, 3.63) is 59.4 Å². The molecule has 0 saturated carbocycles. The van der Waals surface area contributed by atoms with Gasteiger partial charge in [0, 0.05) is 10.7 Å². The fourth-order valence-electron chi connectivity index (χ4n) is 3.46. The molecule has 1 N–H and O–H groups in total. The SMILES string of the molecule is O=C(CSC1=N[C@@H]2CS(=O)(=O)C[C@H]2N1c1ccccc1F)Nc1cccc(Cl)c1. The van der Waals surface area contributed by atoms with Crippen molar-refractivity contribution in [1.29, 1.82) is 0 Å². The van der Waals surface area contributed by atoms with Crippen molar-refractivity contribution >= 4 is 55.6 Å². The smallest absolute Gasteiger partial charge is 0.234 e. The quantitative estimate of drug-likeness (QED) is 0.769. The van der Waals surface area contributed by atoms with Gasteiger partial charge in [-0.3, -0.25) is 9.79 Å². The molecular weight excluding hydrogens is 437 g/mol. The maximum atomic E-state index is 14.4. The Labute approximate surface area is 177 Å². The minimum absolute atomic E-state index is 0.0441. The molecule has 6 nitrogen and oxygen atoms in total. The minimum Gasteiger partial charge on any atom is -0.325 e. The first-order valence-corrected chi connectivity index (χ1v) is 12.0. The van der Waals surface area contributed by atoms with E-state index in [-0.39, 0.29) is 28.9 Å². The molecule has 2 atom stereocenters. The largest absolute Gasteiger partial charge is 0.325 e. The van der Waals surface area contributed by atoms with E-state index in [2.05, 4.69) is 10.3 Å². The molecule has 0 bridgehead atoms. The van der Waals surface area contributed by atoms with Crippen LogP contribution in [0.5, 0.6) is 0 Å². The first-order valence-electron chi connectivity index (χ1n) is 8.82. The zero-order chi connectivity index (χ0) is 20.6. The summed E-state index contributed by atoms with van der Waals surface area (Å²) in [6, 6.07) is 12.0. The maximum Gasteiger partial charge on any atom is 0.234 e. The summed E-state index contributed by atoms with van der Waals surface area (Å²) in [4.78, 5) is 18.4. The number of carbonyl (C=O) groups is 1. The lowest BCUT2D eigenvalue weighted by molar-refractivity contribution is -0.113. The molecular formula is C19H17ClFN3O3S2. The normalized spacial score (nSPS) is 22.3. The average Bonchev–Trinajstić information content (AvgIpc) is 3.12. The van der Waals surface area contributed by atoms with E-state index in [9.17, 15) is 17.6 Å². The van der Waals surface area contributed by atoms with Crippen LogP contribution in [0.15, 0.2) is 53.5 Å². The van der Waals surface area contributed by atoms with Gasteiger partial charge in [-0.2, -0.15) is 0 Å². The average molecular weight is 454 g/mol. The Morgan fingerprint density at radius 1 is 1.24 bits per heavy atom. The zero-order valence-electron chi connectivity index (χ0n) is 15.1. The van der Waals surface area contributed by atoms with E-state index in [0.29, 0.717) is 15.9 Å². The number of para-hydroxylation sites is 1.